The van der Waals surface area contributed by atoms with Gasteiger partial charge in [0, 0.05) is 36.5 Å². The third-order valence-electron chi connectivity index (χ3n) is 7.07. The first-order valence-corrected chi connectivity index (χ1v) is 13.8. The number of pyridine rings is 1. The van der Waals surface area contributed by atoms with Crippen molar-refractivity contribution in [1.29, 1.82) is 5.41 Å². The van der Waals surface area contributed by atoms with Gasteiger partial charge in [0.05, 0.1) is 13.0 Å². The molecule has 0 saturated carbocycles. The summed E-state index contributed by atoms with van der Waals surface area (Å²) in [5, 5.41) is 19.3. The standard InChI is InChI=1S/C28H30FN7O3.C2HF3O2/c1-35-12-10-19(16-35)39-23-15-20(38-2)14-21(25(23)29)22(13-17-6-8-18(9-7-17)26(30)31)27-33-28(37)36(34-27)24-5-3-4-11-32-24;3-2(4,5)1(6)7/h3-9,11,14-15,19,22H,10,12-13,16H2,1-2H3,(H3,30,31)(H,33,34,37);(H,6,7). The highest BCUT2D eigenvalue weighted by Gasteiger charge is 2.38. The fourth-order valence-electron chi connectivity index (χ4n) is 4.76. The number of aliphatic carboxylic acids is 1. The molecule has 0 bridgehead atoms. The first-order chi connectivity index (χ1) is 21.8. The largest absolute Gasteiger partial charge is 0.497 e. The number of likely N-dealkylation sites (N-methyl/N-ethyl adjacent to an activating group) is 1. The van der Waals surface area contributed by atoms with Crippen LogP contribution in [-0.2, 0) is 11.2 Å². The minimum absolute atomic E-state index is 0.0466. The second-order valence-electron chi connectivity index (χ2n) is 10.4. The van der Waals surface area contributed by atoms with Gasteiger partial charge in [-0.05, 0) is 43.7 Å². The maximum Gasteiger partial charge on any atom is 0.490 e. The Kier molecular flexibility index (Phi) is 10.4. The van der Waals surface area contributed by atoms with Crippen molar-refractivity contribution in [2.45, 2.75) is 31.0 Å². The van der Waals surface area contributed by atoms with Crippen LogP contribution in [-0.4, -0.2) is 81.1 Å². The van der Waals surface area contributed by atoms with Crippen molar-refractivity contribution >= 4 is 11.8 Å². The van der Waals surface area contributed by atoms with Gasteiger partial charge in [-0.1, -0.05) is 30.3 Å². The molecular weight excluding hydrogens is 614 g/mol. The molecule has 46 heavy (non-hydrogen) atoms. The van der Waals surface area contributed by atoms with Gasteiger partial charge in [-0.25, -0.2) is 19.0 Å². The normalized spacial score (nSPS) is 15.5. The van der Waals surface area contributed by atoms with Gasteiger partial charge < -0.3 is 25.2 Å². The van der Waals surface area contributed by atoms with Crippen LogP contribution in [0.15, 0.2) is 65.6 Å². The Morgan fingerprint density at radius 3 is 2.46 bits per heavy atom. The molecule has 0 amide bonds. The van der Waals surface area contributed by atoms with Crippen molar-refractivity contribution in [3.05, 3.63) is 99.6 Å². The molecule has 1 aliphatic rings. The number of nitrogen functional groups attached to an aromatic ring is 1. The van der Waals surface area contributed by atoms with E-state index in [1.54, 1.807) is 48.7 Å². The molecule has 3 heterocycles. The number of halogens is 4. The van der Waals surface area contributed by atoms with Crippen molar-refractivity contribution in [3.63, 3.8) is 0 Å². The number of nitrogens with two attached hydrogens (primary N) is 1. The van der Waals surface area contributed by atoms with E-state index in [0.717, 1.165) is 23.2 Å². The number of carboxylic acids is 1. The van der Waals surface area contributed by atoms with E-state index in [1.165, 1.54) is 7.11 Å². The van der Waals surface area contributed by atoms with Crippen molar-refractivity contribution in [1.82, 2.24) is 24.6 Å². The number of carbonyl (C=O) groups is 1. The van der Waals surface area contributed by atoms with Crippen LogP contribution >= 0.6 is 0 Å². The number of aromatic nitrogens is 4. The summed E-state index contributed by atoms with van der Waals surface area (Å²) in [6, 6.07) is 15.4. The molecule has 12 nitrogen and oxygen atoms in total. The van der Waals surface area contributed by atoms with E-state index >= 15 is 4.39 Å². The number of carboxylic acid groups (broad SMARTS) is 1. The third kappa shape index (κ3) is 8.26. The average Bonchev–Trinajstić information content (AvgIpc) is 3.62. The molecule has 1 aliphatic heterocycles. The van der Waals surface area contributed by atoms with E-state index < -0.39 is 29.6 Å². The highest BCUT2D eigenvalue weighted by molar-refractivity contribution is 5.94. The number of amidine groups is 1. The van der Waals surface area contributed by atoms with Gasteiger partial charge in [-0.3, -0.25) is 10.4 Å². The first-order valence-electron chi connectivity index (χ1n) is 13.8. The van der Waals surface area contributed by atoms with Gasteiger partial charge >= 0.3 is 17.8 Å². The summed E-state index contributed by atoms with van der Waals surface area (Å²) >= 11 is 0. The van der Waals surface area contributed by atoms with Crippen molar-refractivity contribution in [2.24, 2.45) is 5.73 Å². The van der Waals surface area contributed by atoms with E-state index in [0.29, 0.717) is 30.1 Å². The highest BCUT2D eigenvalue weighted by Crippen LogP contribution is 2.37. The van der Waals surface area contributed by atoms with Crippen LogP contribution in [0.2, 0.25) is 0 Å². The van der Waals surface area contributed by atoms with E-state index in [9.17, 15) is 18.0 Å². The highest BCUT2D eigenvalue weighted by atomic mass is 19.4. The molecule has 4 aromatic rings. The molecule has 0 aliphatic carbocycles. The zero-order chi connectivity index (χ0) is 33.6. The zero-order valence-electron chi connectivity index (χ0n) is 24.7. The number of rotatable bonds is 9. The maximum absolute atomic E-state index is 16.2. The lowest BCUT2D eigenvalue weighted by Crippen LogP contribution is -2.22. The smallest absolute Gasteiger partial charge is 0.490 e. The number of aromatic amines is 1. The molecule has 244 valence electrons. The third-order valence-corrected chi connectivity index (χ3v) is 7.07. The van der Waals surface area contributed by atoms with Crippen molar-refractivity contribution in [2.75, 3.05) is 27.2 Å². The Hall–Kier alpha value is -5.25. The van der Waals surface area contributed by atoms with E-state index in [4.69, 9.17) is 30.5 Å². The molecular formula is C30H31F4N7O5. The predicted octanol–water partition coefficient (Wildman–Crippen LogP) is 3.48. The number of alkyl halides is 3. The Morgan fingerprint density at radius 1 is 1.22 bits per heavy atom. The van der Waals surface area contributed by atoms with Gasteiger partial charge in [0.25, 0.3) is 0 Å². The van der Waals surface area contributed by atoms with Crippen LogP contribution in [0, 0.1) is 11.2 Å². The Labute approximate surface area is 259 Å². The summed E-state index contributed by atoms with van der Waals surface area (Å²) in [6.45, 7) is 1.56. The van der Waals surface area contributed by atoms with Crippen LogP contribution in [0.5, 0.6) is 11.5 Å². The van der Waals surface area contributed by atoms with Crippen molar-refractivity contribution in [3.8, 4) is 17.3 Å². The second-order valence-corrected chi connectivity index (χ2v) is 10.4. The summed E-state index contributed by atoms with van der Waals surface area (Å²) in [5.41, 5.74) is 6.80. The van der Waals surface area contributed by atoms with Crippen LogP contribution < -0.4 is 20.9 Å². The quantitative estimate of drug-likeness (QED) is 0.121. The second kappa shape index (κ2) is 14.2. The fourth-order valence-corrected chi connectivity index (χ4v) is 4.76. The number of nitrogens with one attached hydrogen (secondary N) is 2. The topological polar surface area (TPSA) is 172 Å². The molecule has 2 unspecified atom stereocenters. The van der Waals surface area contributed by atoms with Crippen LogP contribution in [0.25, 0.3) is 5.82 Å². The Morgan fingerprint density at radius 2 is 1.91 bits per heavy atom. The average molecular weight is 646 g/mol. The van der Waals surface area contributed by atoms with Crippen molar-refractivity contribution < 1.29 is 36.9 Å². The minimum Gasteiger partial charge on any atom is -0.497 e. The monoisotopic (exact) mass is 645 g/mol. The van der Waals surface area contributed by atoms with Gasteiger partial charge in [0.2, 0.25) is 0 Å². The van der Waals surface area contributed by atoms with Gasteiger partial charge in [0.15, 0.2) is 17.4 Å². The zero-order valence-corrected chi connectivity index (χ0v) is 24.7. The molecule has 0 spiro atoms. The van der Waals surface area contributed by atoms with Gasteiger partial charge in [-0.15, -0.1) is 5.10 Å². The SMILES string of the molecule is COc1cc(OC2CCN(C)C2)c(F)c(C(Cc2ccc(C(=N)N)cc2)c2nn(-c3ccccn3)c(=O)[nH]2)c1.O=C(O)C(F)(F)F. The molecule has 2 aromatic heterocycles. The number of nitrogens with zero attached hydrogens (tertiary/aromatic N) is 4. The predicted molar refractivity (Wildman–Crippen MR) is 158 cm³/mol. The summed E-state index contributed by atoms with van der Waals surface area (Å²) in [4.78, 5) is 31.0. The molecule has 2 aromatic carbocycles. The van der Waals surface area contributed by atoms with Crippen LogP contribution in [0.4, 0.5) is 17.6 Å². The summed E-state index contributed by atoms with van der Waals surface area (Å²) < 4.78 is 60.7. The van der Waals surface area contributed by atoms with Gasteiger partial charge in [-0.2, -0.15) is 17.9 Å². The maximum atomic E-state index is 16.2. The van der Waals surface area contributed by atoms with E-state index in [1.807, 2.05) is 19.2 Å². The lowest BCUT2D eigenvalue weighted by Gasteiger charge is -2.21. The lowest BCUT2D eigenvalue weighted by molar-refractivity contribution is -0.192. The molecule has 1 fully saturated rings. The van der Waals surface area contributed by atoms with Crippen LogP contribution in [0.1, 0.15) is 34.9 Å². The number of hydrogen-bond acceptors (Lipinski definition) is 8. The van der Waals surface area contributed by atoms with Gasteiger partial charge in [0.1, 0.15) is 23.5 Å². The number of benzene rings is 2. The lowest BCUT2D eigenvalue weighted by atomic mass is 9.90. The fraction of sp³-hybridized carbons (Fsp3) is 0.300. The summed E-state index contributed by atoms with van der Waals surface area (Å²) in [6.07, 6.45) is -2.58. The number of methoxy groups -OCH3 is 1. The molecule has 5 rings (SSSR count). The number of hydrogen-bond donors (Lipinski definition) is 4. The van der Waals surface area contributed by atoms with E-state index in [-0.39, 0.29) is 29.1 Å². The summed E-state index contributed by atoms with van der Waals surface area (Å²) in [5.74, 6) is -2.92. The number of likely N-dealkylation sites (tertiary alicyclic amines) is 1. The molecule has 2 atom stereocenters. The molecule has 16 heteroatoms. The van der Waals surface area contributed by atoms with Crippen LogP contribution in [0.3, 0.4) is 0 Å². The minimum atomic E-state index is -5.08. The Balaban J connectivity index is 0.000000617. The number of ether oxygens (including phenoxy) is 2. The summed E-state index contributed by atoms with van der Waals surface area (Å²) in [7, 11) is 3.51. The Bertz CT molecular complexity index is 1730. The number of H-pyrrole nitrogens is 1. The molecule has 5 N–H and O–H groups in total. The molecule has 0 radical (unpaired) electrons. The first kappa shape index (κ1) is 33.6. The van der Waals surface area contributed by atoms with E-state index in [2.05, 4.69) is 20.0 Å². The molecule has 1 saturated heterocycles.